The summed E-state index contributed by atoms with van der Waals surface area (Å²) in [5, 5.41) is 9.84. The van der Waals surface area contributed by atoms with Crippen molar-refractivity contribution in [1.29, 1.82) is 0 Å². The summed E-state index contributed by atoms with van der Waals surface area (Å²) in [6, 6.07) is 3.45. The number of hydrogen-bond donors (Lipinski definition) is 1. The second-order valence-corrected chi connectivity index (χ2v) is 6.08. The summed E-state index contributed by atoms with van der Waals surface area (Å²) in [6.45, 7) is 2.08. The van der Waals surface area contributed by atoms with Gasteiger partial charge in [0.15, 0.2) is 0 Å². The van der Waals surface area contributed by atoms with E-state index in [-0.39, 0.29) is 5.56 Å². The minimum atomic E-state index is -1.24. The van der Waals surface area contributed by atoms with E-state index < -0.39 is 11.6 Å². The van der Waals surface area contributed by atoms with Crippen molar-refractivity contribution in [1.82, 2.24) is 0 Å². The summed E-state index contributed by atoms with van der Waals surface area (Å²) >= 11 is 0. The molecule has 4 heteroatoms. The lowest BCUT2D eigenvalue weighted by atomic mass is 9.90. The number of benzene rings is 1. The van der Waals surface area contributed by atoms with Gasteiger partial charge in [0.2, 0.25) is 0 Å². The van der Waals surface area contributed by atoms with Crippen molar-refractivity contribution >= 4 is 16.9 Å². The smallest absolute Gasteiger partial charge is 0.351 e. The molecule has 22 heavy (non-hydrogen) atoms. The maximum atomic E-state index is 11.9. The van der Waals surface area contributed by atoms with E-state index in [0.29, 0.717) is 5.58 Å². The van der Waals surface area contributed by atoms with Gasteiger partial charge >= 0.3 is 11.6 Å². The number of carbonyl (C=O) groups is 1. The van der Waals surface area contributed by atoms with Crippen LogP contribution >= 0.6 is 0 Å². The molecule has 1 aliphatic carbocycles. The minimum Gasteiger partial charge on any atom is -0.477 e. The van der Waals surface area contributed by atoms with Crippen LogP contribution in [-0.2, 0) is 12.8 Å². The molecule has 0 fully saturated rings. The van der Waals surface area contributed by atoms with Crippen LogP contribution in [0.15, 0.2) is 21.3 Å². The summed E-state index contributed by atoms with van der Waals surface area (Å²) in [5.74, 6) is -1.24. The molecular formula is C18H20O4. The molecule has 0 saturated heterocycles. The fourth-order valence-corrected chi connectivity index (χ4v) is 3.35. The van der Waals surface area contributed by atoms with Crippen molar-refractivity contribution in [3.05, 3.63) is 44.8 Å². The summed E-state index contributed by atoms with van der Waals surface area (Å²) in [4.78, 5) is 23.0. The largest absolute Gasteiger partial charge is 0.477 e. The standard InChI is InChI=1S/C18H20O4/c1-11-12-7-5-3-2-4-6-8-14(11)16-13(9-12)10-15(17(19)20)18(21)22-16/h9-10H,2-8H2,1H3,(H,19,20). The highest BCUT2D eigenvalue weighted by Crippen LogP contribution is 2.29. The molecule has 0 spiro atoms. The normalized spacial score (nSPS) is 15.7. The molecule has 1 aliphatic rings. The Morgan fingerprint density at radius 3 is 2.50 bits per heavy atom. The fourth-order valence-electron chi connectivity index (χ4n) is 3.35. The van der Waals surface area contributed by atoms with E-state index in [0.717, 1.165) is 36.6 Å². The lowest BCUT2D eigenvalue weighted by Crippen LogP contribution is -2.14. The summed E-state index contributed by atoms with van der Waals surface area (Å²) < 4.78 is 5.38. The minimum absolute atomic E-state index is 0.291. The first-order valence-electron chi connectivity index (χ1n) is 7.90. The third kappa shape index (κ3) is 2.65. The number of aryl methyl sites for hydroxylation is 2. The van der Waals surface area contributed by atoms with Crippen LogP contribution in [0.5, 0.6) is 0 Å². The zero-order chi connectivity index (χ0) is 15.7. The van der Waals surface area contributed by atoms with Crippen LogP contribution in [0.3, 0.4) is 0 Å². The van der Waals surface area contributed by atoms with Gasteiger partial charge in [0.25, 0.3) is 0 Å². The number of rotatable bonds is 1. The third-order valence-electron chi connectivity index (χ3n) is 4.62. The van der Waals surface area contributed by atoms with Gasteiger partial charge < -0.3 is 9.52 Å². The van der Waals surface area contributed by atoms with Crippen LogP contribution in [0.2, 0.25) is 0 Å². The Labute approximate surface area is 128 Å². The molecule has 0 atom stereocenters. The molecule has 0 saturated carbocycles. The van der Waals surface area contributed by atoms with Gasteiger partial charge in [-0.2, -0.15) is 0 Å². The van der Waals surface area contributed by atoms with Crippen LogP contribution in [-0.4, -0.2) is 11.1 Å². The Morgan fingerprint density at radius 1 is 1.09 bits per heavy atom. The Kier molecular flexibility index (Phi) is 4.01. The Morgan fingerprint density at radius 2 is 1.77 bits per heavy atom. The molecule has 0 radical (unpaired) electrons. The van der Waals surface area contributed by atoms with Gasteiger partial charge in [-0.25, -0.2) is 9.59 Å². The lowest BCUT2D eigenvalue weighted by molar-refractivity contribution is 0.0692. The molecule has 4 nitrogen and oxygen atoms in total. The first-order chi connectivity index (χ1) is 10.6. The topological polar surface area (TPSA) is 67.5 Å². The van der Waals surface area contributed by atoms with Gasteiger partial charge in [0.1, 0.15) is 11.1 Å². The molecule has 1 aromatic heterocycles. The van der Waals surface area contributed by atoms with Crippen LogP contribution in [0, 0.1) is 6.92 Å². The Bertz CT molecular complexity index is 786. The van der Waals surface area contributed by atoms with E-state index >= 15 is 0 Å². The molecule has 0 amide bonds. The zero-order valence-electron chi connectivity index (χ0n) is 12.8. The van der Waals surface area contributed by atoms with Gasteiger partial charge in [-0.05, 0) is 61.4 Å². The van der Waals surface area contributed by atoms with E-state index in [2.05, 4.69) is 6.92 Å². The van der Waals surface area contributed by atoms with Gasteiger partial charge in [-0.1, -0.05) is 19.3 Å². The number of carboxylic acids is 1. The van der Waals surface area contributed by atoms with E-state index in [4.69, 9.17) is 9.52 Å². The van der Waals surface area contributed by atoms with Gasteiger partial charge in [-0.15, -0.1) is 0 Å². The van der Waals surface area contributed by atoms with Crippen LogP contribution in [0.25, 0.3) is 11.0 Å². The summed E-state index contributed by atoms with van der Waals surface area (Å²) in [6.07, 6.45) is 7.76. The summed E-state index contributed by atoms with van der Waals surface area (Å²) in [7, 11) is 0. The number of carboxylic acid groups (broad SMARTS) is 1. The zero-order valence-corrected chi connectivity index (χ0v) is 12.8. The quantitative estimate of drug-likeness (QED) is 0.812. The molecule has 2 bridgehead atoms. The lowest BCUT2D eigenvalue weighted by Gasteiger charge is -2.16. The SMILES string of the molecule is Cc1c2cc3cc(C(=O)O)c(=O)oc3c1CCCCCCC2. The highest BCUT2D eigenvalue weighted by atomic mass is 16.4. The number of aromatic carboxylic acids is 1. The van der Waals surface area contributed by atoms with E-state index in [1.807, 2.05) is 6.07 Å². The van der Waals surface area contributed by atoms with Crippen molar-refractivity contribution < 1.29 is 14.3 Å². The maximum absolute atomic E-state index is 11.9. The molecule has 1 aromatic carbocycles. The predicted molar refractivity (Wildman–Crippen MR) is 84.7 cm³/mol. The molecular weight excluding hydrogens is 280 g/mol. The van der Waals surface area contributed by atoms with Crippen molar-refractivity contribution in [3.8, 4) is 0 Å². The molecule has 0 aliphatic heterocycles. The van der Waals surface area contributed by atoms with E-state index in [9.17, 15) is 9.59 Å². The molecule has 2 aromatic rings. The predicted octanol–water partition coefficient (Wildman–Crippen LogP) is 3.85. The van der Waals surface area contributed by atoms with E-state index in [1.165, 1.54) is 36.5 Å². The maximum Gasteiger partial charge on any atom is 0.351 e. The van der Waals surface area contributed by atoms with Crippen molar-refractivity contribution in [3.63, 3.8) is 0 Å². The second-order valence-electron chi connectivity index (χ2n) is 6.08. The molecule has 1 heterocycles. The molecule has 116 valence electrons. The molecule has 0 unspecified atom stereocenters. The molecule has 3 rings (SSSR count). The van der Waals surface area contributed by atoms with E-state index in [1.54, 1.807) is 0 Å². The van der Waals surface area contributed by atoms with Gasteiger partial charge in [-0.3, -0.25) is 0 Å². The molecule has 1 N–H and O–H groups in total. The van der Waals surface area contributed by atoms with Crippen molar-refractivity contribution in [2.45, 2.75) is 51.9 Å². The number of hydrogen-bond acceptors (Lipinski definition) is 3. The van der Waals surface area contributed by atoms with Gasteiger partial charge in [0.05, 0.1) is 0 Å². The number of fused-ring (bicyclic) bond motifs is 4. The second kappa shape index (κ2) is 5.95. The first kappa shape index (κ1) is 14.8. The highest BCUT2D eigenvalue weighted by Gasteiger charge is 2.18. The van der Waals surface area contributed by atoms with Crippen LogP contribution < -0.4 is 5.63 Å². The Hall–Kier alpha value is -2.10. The first-order valence-corrected chi connectivity index (χ1v) is 7.90. The van der Waals surface area contributed by atoms with Crippen molar-refractivity contribution in [2.75, 3.05) is 0 Å². The summed E-state index contributed by atoms with van der Waals surface area (Å²) in [5.41, 5.74) is 3.02. The van der Waals surface area contributed by atoms with Crippen LogP contribution in [0.1, 0.15) is 59.2 Å². The average Bonchev–Trinajstić information content (AvgIpc) is 2.47. The third-order valence-corrected chi connectivity index (χ3v) is 4.62. The van der Waals surface area contributed by atoms with Crippen LogP contribution in [0.4, 0.5) is 0 Å². The monoisotopic (exact) mass is 300 g/mol. The van der Waals surface area contributed by atoms with Crippen molar-refractivity contribution in [2.24, 2.45) is 0 Å². The average molecular weight is 300 g/mol. The highest BCUT2D eigenvalue weighted by molar-refractivity contribution is 5.92. The Balaban J connectivity index is 2.26. The van der Waals surface area contributed by atoms with Gasteiger partial charge in [0, 0.05) is 5.39 Å². The fraction of sp³-hybridized carbons (Fsp3) is 0.444.